The molecular weight excluding hydrogens is 410 g/mol. The fourth-order valence-electron chi connectivity index (χ4n) is 2.94. The van der Waals surface area contributed by atoms with Gasteiger partial charge >= 0.3 is 5.97 Å². The van der Waals surface area contributed by atoms with Crippen LogP contribution in [0.1, 0.15) is 24.1 Å². The highest BCUT2D eigenvalue weighted by Crippen LogP contribution is 2.39. The average Bonchev–Trinajstić information content (AvgIpc) is 2.98. The molecule has 1 saturated heterocycles. The first-order valence-electron chi connectivity index (χ1n) is 8.82. The number of rotatable bonds is 7. The number of methoxy groups -OCH3 is 1. The number of ether oxygens (including phenoxy) is 2. The number of carboxylic acids is 1. The van der Waals surface area contributed by atoms with Crippen molar-refractivity contribution in [2.24, 2.45) is 0 Å². The van der Waals surface area contributed by atoms with Crippen LogP contribution in [0.3, 0.4) is 0 Å². The highest BCUT2D eigenvalue weighted by atomic mass is 32.2. The summed E-state index contributed by atoms with van der Waals surface area (Å²) in [5.41, 5.74) is 1.21. The van der Waals surface area contributed by atoms with Gasteiger partial charge in [0.1, 0.15) is 4.32 Å². The molecular formula is C21H19NO5S2. The van der Waals surface area contributed by atoms with Gasteiger partial charge in [-0.2, -0.15) is 0 Å². The van der Waals surface area contributed by atoms with Crippen molar-refractivity contribution in [1.82, 2.24) is 4.90 Å². The van der Waals surface area contributed by atoms with E-state index in [1.807, 2.05) is 6.92 Å². The SMILES string of the molecule is CCOc1ccc(/C=C2/SC(=S)N([C@H](C(=O)O)c3ccccc3)C2=O)cc1OC. The summed E-state index contributed by atoms with van der Waals surface area (Å²) < 4.78 is 11.0. The largest absolute Gasteiger partial charge is 0.493 e. The number of nitrogens with zero attached hydrogens (tertiary/aromatic N) is 1. The van der Waals surface area contributed by atoms with Crippen LogP contribution in [-0.2, 0) is 9.59 Å². The van der Waals surface area contributed by atoms with Crippen molar-refractivity contribution in [1.29, 1.82) is 0 Å². The monoisotopic (exact) mass is 429 g/mol. The van der Waals surface area contributed by atoms with Crippen LogP contribution < -0.4 is 9.47 Å². The molecule has 150 valence electrons. The zero-order chi connectivity index (χ0) is 21.0. The number of carboxylic acid groups (broad SMARTS) is 1. The molecule has 8 heteroatoms. The standard InChI is InChI=1S/C21H19NO5S2/c1-3-27-15-10-9-13(11-16(15)26-2)12-17-19(23)22(21(28)29-17)18(20(24)25)14-7-5-4-6-8-14/h4-12,18H,3H2,1-2H3,(H,24,25)/b17-12+/t18-/m0/s1. The van der Waals surface area contributed by atoms with Crippen molar-refractivity contribution in [2.45, 2.75) is 13.0 Å². The summed E-state index contributed by atoms with van der Waals surface area (Å²) in [5, 5.41) is 9.74. The van der Waals surface area contributed by atoms with E-state index in [1.54, 1.807) is 61.7 Å². The molecule has 0 saturated carbocycles. The van der Waals surface area contributed by atoms with Crippen molar-refractivity contribution in [3.63, 3.8) is 0 Å². The van der Waals surface area contributed by atoms with Gasteiger partial charge in [-0.15, -0.1) is 0 Å². The van der Waals surface area contributed by atoms with Crippen molar-refractivity contribution in [3.05, 3.63) is 64.6 Å². The lowest BCUT2D eigenvalue weighted by molar-refractivity contribution is -0.145. The first-order chi connectivity index (χ1) is 14.0. The number of carbonyl (C=O) groups is 2. The molecule has 0 aromatic heterocycles. The third-order valence-electron chi connectivity index (χ3n) is 4.22. The maximum atomic E-state index is 13.0. The number of hydrogen-bond donors (Lipinski definition) is 1. The van der Waals surface area contributed by atoms with Gasteiger partial charge in [0.05, 0.1) is 18.6 Å². The maximum absolute atomic E-state index is 13.0. The number of hydrogen-bond acceptors (Lipinski definition) is 6. The third kappa shape index (κ3) is 4.44. The molecule has 1 N–H and O–H groups in total. The summed E-state index contributed by atoms with van der Waals surface area (Å²) in [6, 6.07) is 12.7. The van der Waals surface area contributed by atoms with E-state index in [4.69, 9.17) is 21.7 Å². The predicted molar refractivity (Wildman–Crippen MR) is 116 cm³/mol. The lowest BCUT2D eigenvalue weighted by atomic mass is 10.1. The van der Waals surface area contributed by atoms with E-state index >= 15 is 0 Å². The Kier molecular flexibility index (Phi) is 6.56. The Morgan fingerprint density at radius 1 is 1.24 bits per heavy atom. The van der Waals surface area contributed by atoms with Crippen molar-refractivity contribution >= 4 is 46.3 Å². The van der Waals surface area contributed by atoms with E-state index in [9.17, 15) is 14.7 Å². The van der Waals surface area contributed by atoms with E-state index in [0.29, 0.717) is 28.6 Å². The molecule has 1 heterocycles. The molecule has 0 radical (unpaired) electrons. The lowest BCUT2D eigenvalue weighted by Gasteiger charge is -2.23. The van der Waals surface area contributed by atoms with Crippen molar-refractivity contribution in [2.75, 3.05) is 13.7 Å². The molecule has 29 heavy (non-hydrogen) atoms. The van der Waals surface area contributed by atoms with Crippen molar-refractivity contribution < 1.29 is 24.2 Å². The summed E-state index contributed by atoms with van der Waals surface area (Å²) in [6.45, 7) is 2.38. The fourth-order valence-corrected chi connectivity index (χ4v) is 4.25. The van der Waals surface area contributed by atoms with E-state index in [0.717, 1.165) is 22.2 Å². The number of aliphatic carboxylic acids is 1. The summed E-state index contributed by atoms with van der Waals surface area (Å²) in [7, 11) is 1.54. The van der Waals surface area contributed by atoms with E-state index in [1.165, 1.54) is 0 Å². The molecule has 0 spiro atoms. The van der Waals surface area contributed by atoms with Gasteiger partial charge in [-0.25, -0.2) is 4.79 Å². The van der Waals surface area contributed by atoms with Gasteiger partial charge in [0.25, 0.3) is 5.91 Å². The molecule has 1 amide bonds. The van der Waals surface area contributed by atoms with Crippen molar-refractivity contribution in [3.8, 4) is 11.5 Å². The maximum Gasteiger partial charge on any atom is 0.331 e. The first-order valence-corrected chi connectivity index (χ1v) is 10.0. The quantitative estimate of drug-likeness (QED) is 0.524. The Balaban J connectivity index is 1.93. The second-order valence-electron chi connectivity index (χ2n) is 6.05. The molecule has 2 aromatic carbocycles. The van der Waals surface area contributed by atoms with Crippen LogP contribution in [0, 0.1) is 0 Å². The van der Waals surface area contributed by atoms with E-state index in [2.05, 4.69) is 0 Å². The molecule has 0 bridgehead atoms. The molecule has 0 unspecified atom stereocenters. The van der Waals surface area contributed by atoms with Gasteiger partial charge in [0.15, 0.2) is 17.5 Å². The smallest absolute Gasteiger partial charge is 0.331 e. The molecule has 1 fully saturated rings. The zero-order valence-electron chi connectivity index (χ0n) is 15.8. The molecule has 1 aliphatic heterocycles. The van der Waals surface area contributed by atoms with Gasteiger partial charge in [0, 0.05) is 0 Å². The summed E-state index contributed by atoms with van der Waals surface area (Å²) in [4.78, 5) is 26.4. The second-order valence-corrected chi connectivity index (χ2v) is 7.72. The Morgan fingerprint density at radius 3 is 2.59 bits per heavy atom. The Bertz CT molecular complexity index is 974. The number of thioether (sulfide) groups is 1. The predicted octanol–water partition coefficient (Wildman–Crippen LogP) is 4.12. The summed E-state index contributed by atoms with van der Waals surface area (Å²) in [6.07, 6.45) is 1.67. The molecule has 6 nitrogen and oxygen atoms in total. The first kappa shape index (κ1) is 20.9. The van der Waals surface area contributed by atoms with Crippen LogP contribution in [0.4, 0.5) is 0 Å². The van der Waals surface area contributed by atoms with Crippen LogP contribution in [0.5, 0.6) is 11.5 Å². The van der Waals surface area contributed by atoms with Gasteiger partial charge < -0.3 is 14.6 Å². The normalized spacial score (nSPS) is 16.2. The molecule has 1 atom stereocenters. The topological polar surface area (TPSA) is 76.1 Å². The van der Waals surface area contributed by atoms with Gasteiger partial charge in [-0.1, -0.05) is 60.4 Å². The summed E-state index contributed by atoms with van der Waals surface area (Å²) >= 11 is 6.41. The highest BCUT2D eigenvalue weighted by molar-refractivity contribution is 8.26. The van der Waals surface area contributed by atoms with E-state index in [-0.39, 0.29) is 4.32 Å². The Labute approximate surface area is 178 Å². The third-order valence-corrected chi connectivity index (χ3v) is 5.55. The van der Waals surface area contributed by atoms with E-state index < -0.39 is 17.9 Å². The highest BCUT2D eigenvalue weighted by Gasteiger charge is 2.41. The lowest BCUT2D eigenvalue weighted by Crippen LogP contribution is -2.37. The molecule has 0 aliphatic carbocycles. The minimum atomic E-state index is -1.18. The van der Waals surface area contributed by atoms with Gasteiger partial charge in [0.2, 0.25) is 0 Å². The fraction of sp³-hybridized carbons (Fsp3) is 0.190. The van der Waals surface area contributed by atoms with Crippen LogP contribution in [0.15, 0.2) is 53.4 Å². The Hall–Kier alpha value is -2.84. The number of carbonyl (C=O) groups excluding carboxylic acids is 1. The summed E-state index contributed by atoms with van der Waals surface area (Å²) in [5.74, 6) is -0.431. The number of thiocarbonyl (C=S) groups is 1. The minimum Gasteiger partial charge on any atom is -0.493 e. The number of amides is 1. The van der Waals surface area contributed by atoms with Gasteiger partial charge in [-0.05, 0) is 36.3 Å². The number of benzene rings is 2. The molecule has 3 rings (SSSR count). The van der Waals surface area contributed by atoms with Crippen LogP contribution in [0.25, 0.3) is 6.08 Å². The molecule has 2 aromatic rings. The van der Waals surface area contributed by atoms with Gasteiger partial charge in [-0.3, -0.25) is 9.69 Å². The van der Waals surface area contributed by atoms with Crippen LogP contribution >= 0.6 is 24.0 Å². The van der Waals surface area contributed by atoms with Crippen LogP contribution in [-0.4, -0.2) is 39.9 Å². The van der Waals surface area contributed by atoms with Crippen LogP contribution in [0.2, 0.25) is 0 Å². The minimum absolute atomic E-state index is 0.204. The average molecular weight is 430 g/mol. The second kappa shape index (κ2) is 9.11. The molecule has 1 aliphatic rings. The zero-order valence-corrected chi connectivity index (χ0v) is 17.5. The Morgan fingerprint density at radius 2 is 1.97 bits per heavy atom.